The Labute approximate surface area is 141 Å². The molecule has 0 amide bonds. The monoisotopic (exact) mass is 343 g/mol. The molecule has 0 aromatic heterocycles. The van der Waals surface area contributed by atoms with Gasteiger partial charge in [0.05, 0.1) is 22.4 Å². The van der Waals surface area contributed by atoms with E-state index in [1.807, 2.05) is 0 Å². The number of benzene rings is 2. The predicted octanol–water partition coefficient (Wildman–Crippen LogP) is 1.90. The Morgan fingerprint density at radius 1 is 0.760 bits per heavy atom. The van der Waals surface area contributed by atoms with E-state index < -0.39 is 51.6 Å². The largest absolute Gasteiger partial charge is 0.478 e. The molecule has 2 rings (SSSR count). The average Bonchev–Trinajstić information content (AvgIpc) is 2.54. The van der Waals surface area contributed by atoms with Crippen molar-refractivity contribution in [3.8, 4) is 0 Å². The number of nitrogen functional groups attached to an aromatic ring is 1. The van der Waals surface area contributed by atoms with E-state index in [1.54, 1.807) is 18.2 Å². The highest BCUT2D eigenvalue weighted by molar-refractivity contribution is 6.21. The van der Waals surface area contributed by atoms with E-state index in [0.717, 1.165) is 0 Å². The number of rotatable bonds is 5. The molecule has 0 fully saturated rings. The Balaban J connectivity index is 2.97. The molecule has 0 aliphatic carbocycles. The van der Waals surface area contributed by atoms with Gasteiger partial charge in [-0.1, -0.05) is 30.3 Å². The molecule has 128 valence electrons. The van der Waals surface area contributed by atoms with Crippen LogP contribution in [0.15, 0.2) is 30.3 Å². The minimum atomic E-state index is -1.70. The molecule has 0 radical (unpaired) electrons. The van der Waals surface area contributed by atoms with Gasteiger partial charge in [0.1, 0.15) is 0 Å². The lowest BCUT2D eigenvalue weighted by Gasteiger charge is -2.17. The average molecular weight is 343 g/mol. The first-order valence-corrected chi connectivity index (χ1v) is 6.94. The van der Waals surface area contributed by atoms with Crippen molar-refractivity contribution in [2.45, 2.75) is 6.92 Å². The molecule has 0 heterocycles. The van der Waals surface area contributed by atoms with Crippen molar-refractivity contribution in [3.05, 3.63) is 63.7 Å². The summed E-state index contributed by atoms with van der Waals surface area (Å²) in [4.78, 5) is 47.3. The minimum Gasteiger partial charge on any atom is -0.478 e. The molecule has 8 heteroatoms. The van der Waals surface area contributed by atoms with Gasteiger partial charge in [0.2, 0.25) is 0 Å². The lowest BCUT2D eigenvalue weighted by molar-refractivity contribution is 0.0649. The third-order valence-corrected chi connectivity index (χ3v) is 3.69. The number of nitrogens with two attached hydrogens (primary N) is 1. The van der Waals surface area contributed by atoms with Gasteiger partial charge in [-0.2, -0.15) is 0 Å². The topological polar surface area (TPSA) is 155 Å². The fourth-order valence-corrected chi connectivity index (χ4v) is 2.62. The van der Waals surface area contributed by atoms with E-state index in [1.165, 1.54) is 19.1 Å². The van der Waals surface area contributed by atoms with Crippen molar-refractivity contribution in [2.75, 3.05) is 5.73 Å². The molecular formula is C17H13NO7. The van der Waals surface area contributed by atoms with Crippen molar-refractivity contribution in [3.63, 3.8) is 0 Å². The summed E-state index contributed by atoms with van der Waals surface area (Å²) in [7, 11) is 0. The third-order valence-electron chi connectivity index (χ3n) is 3.69. The molecule has 8 nitrogen and oxygen atoms in total. The SMILES string of the molecule is Cc1c(C(=O)O)c(C(=O)O)c(N)c(C(=O)O)c1C(=O)c1ccccc1. The van der Waals surface area contributed by atoms with Gasteiger partial charge >= 0.3 is 17.9 Å². The number of hydrogen-bond acceptors (Lipinski definition) is 5. The number of carboxylic acids is 3. The van der Waals surface area contributed by atoms with Crippen molar-refractivity contribution < 1.29 is 34.5 Å². The van der Waals surface area contributed by atoms with Crippen LogP contribution in [0.25, 0.3) is 0 Å². The van der Waals surface area contributed by atoms with Crippen LogP contribution in [0.5, 0.6) is 0 Å². The number of ketones is 1. The lowest BCUT2D eigenvalue weighted by atomic mass is 9.86. The second-order valence-electron chi connectivity index (χ2n) is 5.15. The summed E-state index contributed by atoms with van der Waals surface area (Å²) < 4.78 is 0. The number of carbonyl (C=O) groups is 4. The van der Waals surface area contributed by atoms with E-state index in [-0.39, 0.29) is 11.1 Å². The summed E-state index contributed by atoms with van der Waals surface area (Å²) >= 11 is 0. The molecule has 0 unspecified atom stereocenters. The Morgan fingerprint density at radius 2 is 1.20 bits per heavy atom. The molecule has 25 heavy (non-hydrogen) atoms. The standard InChI is InChI=1S/C17H13NO7/c1-7-9(14(19)8-5-3-2-4-6-8)11(16(22)23)13(18)12(17(24)25)10(7)15(20)21/h2-6H,18H2,1H3,(H,20,21)(H,22,23)(H,24,25). The number of carboxylic acid groups (broad SMARTS) is 3. The highest BCUT2D eigenvalue weighted by Crippen LogP contribution is 2.32. The number of hydrogen-bond donors (Lipinski definition) is 4. The summed E-state index contributed by atoms with van der Waals surface area (Å²) in [5.41, 5.74) is 1.96. The third kappa shape index (κ3) is 2.92. The number of aromatic carboxylic acids is 3. The van der Waals surface area contributed by atoms with Crippen LogP contribution in [0.1, 0.15) is 52.6 Å². The van der Waals surface area contributed by atoms with Crippen molar-refractivity contribution in [1.29, 1.82) is 0 Å². The van der Waals surface area contributed by atoms with Crippen LogP contribution in [0, 0.1) is 6.92 Å². The quantitative estimate of drug-likeness (QED) is 0.474. The van der Waals surface area contributed by atoms with Gasteiger partial charge in [-0.25, -0.2) is 14.4 Å². The van der Waals surface area contributed by atoms with Crippen molar-refractivity contribution >= 4 is 29.4 Å². The first-order valence-electron chi connectivity index (χ1n) is 6.94. The highest BCUT2D eigenvalue weighted by Gasteiger charge is 2.33. The van der Waals surface area contributed by atoms with Crippen LogP contribution in [0.2, 0.25) is 0 Å². The molecule has 0 saturated carbocycles. The zero-order valence-corrected chi connectivity index (χ0v) is 12.9. The van der Waals surface area contributed by atoms with Crippen LogP contribution in [0.4, 0.5) is 5.69 Å². The maximum Gasteiger partial charge on any atom is 0.338 e. The molecule has 0 saturated heterocycles. The van der Waals surface area contributed by atoms with Crippen molar-refractivity contribution in [2.24, 2.45) is 0 Å². The number of anilines is 1. The zero-order chi connectivity index (χ0) is 18.9. The highest BCUT2D eigenvalue weighted by atomic mass is 16.4. The van der Waals surface area contributed by atoms with E-state index in [9.17, 15) is 34.5 Å². The maximum absolute atomic E-state index is 12.7. The van der Waals surface area contributed by atoms with Gasteiger partial charge in [-0.05, 0) is 12.5 Å². The Kier molecular flexibility index (Phi) is 4.55. The molecular weight excluding hydrogens is 330 g/mol. The second kappa shape index (κ2) is 6.44. The van der Waals surface area contributed by atoms with Crippen LogP contribution in [-0.4, -0.2) is 39.0 Å². The smallest absolute Gasteiger partial charge is 0.338 e. The van der Waals surface area contributed by atoms with Gasteiger partial charge in [-0.15, -0.1) is 0 Å². The lowest BCUT2D eigenvalue weighted by Crippen LogP contribution is -2.22. The molecule has 2 aromatic carbocycles. The van der Waals surface area contributed by atoms with E-state index in [4.69, 9.17) is 5.73 Å². The molecule has 0 spiro atoms. The molecule has 5 N–H and O–H groups in total. The fraction of sp³-hybridized carbons (Fsp3) is 0.0588. The van der Waals surface area contributed by atoms with Gasteiger partial charge in [0.15, 0.2) is 5.78 Å². The zero-order valence-electron chi connectivity index (χ0n) is 12.9. The minimum absolute atomic E-state index is 0.118. The Morgan fingerprint density at radius 3 is 1.64 bits per heavy atom. The first-order chi connectivity index (χ1) is 11.7. The summed E-state index contributed by atoms with van der Waals surface area (Å²) in [6, 6.07) is 7.60. The van der Waals surface area contributed by atoms with Crippen LogP contribution in [-0.2, 0) is 0 Å². The number of carbonyl (C=O) groups excluding carboxylic acids is 1. The predicted molar refractivity (Wildman–Crippen MR) is 86.3 cm³/mol. The summed E-state index contributed by atoms with van der Waals surface area (Å²) in [5, 5.41) is 28.0. The second-order valence-corrected chi connectivity index (χ2v) is 5.15. The molecule has 0 bridgehead atoms. The van der Waals surface area contributed by atoms with E-state index in [2.05, 4.69) is 0 Å². The van der Waals surface area contributed by atoms with E-state index in [0.29, 0.717) is 0 Å². The summed E-state index contributed by atoms with van der Waals surface area (Å²) in [5.74, 6) is -5.71. The van der Waals surface area contributed by atoms with Crippen LogP contribution < -0.4 is 5.73 Å². The summed E-state index contributed by atoms with van der Waals surface area (Å²) in [6.45, 7) is 1.18. The molecule has 0 atom stereocenters. The van der Waals surface area contributed by atoms with Gasteiger partial charge in [-0.3, -0.25) is 4.79 Å². The fourth-order valence-electron chi connectivity index (χ4n) is 2.62. The Hall–Kier alpha value is -3.68. The van der Waals surface area contributed by atoms with E-state index >= 15 is 0 Å². The van der Waals surface area contributed by atoms with Crippen LogP contribution in [0.3, 0.4) is 0 Å². The van der Waals surface area contributed by atoms with Gasteiger partial charge in [0.25, 0.3) is 0 Å². The molecule has 2 aromatic rings. The Bertz CT molecular complexity index is 917. The summed E-state index contributed by atoms with van der Waals surface area (Å²) in [6.07, 6.45) is 0. The van der Waals surface area contributed by atoms with Gasteiger partial charge in [0, 0.05) is 11.1 Å². The van der Waals surface area contributed by atoms with Crippen LogP contribution >= 0.6 is 0 Å². The molecule has 0 aliphatic heterocycles. The normalized spacial score (nSPS) is 10.3. The molecule has 0 aliphatic rings. The first kappa shape index (κ1) is 17.7. The maximum atomic E-state index is 12.7. The van der Waals surface area contributed by atoms with Gasteiger partial charge < -0.3 is 21.1 Å². The van der Waals surface area contributed by atoms with Crippen molar-refractivity contribution in [1.82, 2.24) is 0 Å².